The van der Waals surface area contributed by atoms with Crippen LogP contribution < -0.4 is 0 Å². The standard InChI is InChI=1S/C12H22O4/c1-3-5-12(16-6-4-2)8-15-10-9(13)7-14-11(10)12/h9-11,13H,3-8H2,1-2H3/t9-,10-,11+,12+/m1/s1. The highest BCUT2D eigenvalue weighted by molar-refractivity contribution is 5.04. The van der Waals surface area contributed by atoms with E-state index in [1.54, 1.807) is 0 Å². The van der Waals surface area contributed by atoms with E-state index < -0.39 is 6.10 Å². The molecule has 0 aliphatic carbocycles. The van der Waals surface area contributed by atoms with Crippen molar-refractivity contribution in [3.05, 3.63) is 0 Å². The number of aliphatic hydroxyl groups is 1. The normalized spacial score (nSPS) is 42.6. The summed E-state index contributed by atoms with van der Waals surface area (Å²) in [5.74, 6) is 0. The first-order valence-electron chi connectivity index (χ1n) is 6.28. The van der Waals surface area contributed by atoms with Crippen LogP contribution in [0.3, 0.4) is 0 Å². The lowest BCUT2D eigenvalue weighted by Crippen LogP contribution is -2.46. The Labute approximate surface area is 96.9 Å². The Hall–Kier alpha value is -0.160. The number of aliphatic hydroxyl groups excluding tert-OH is 1. The fraction of sp³-hybridized carbons (Fsp3) is 1.00. The number of fused-ring (bicyclic) bond motifs is 1. The predicted molar refractivity (Wildman–Crippen MR) is 59.4 cm³/mol. The fourth-order valence-electron chi connectivity index (χ4n) is 2.70. The average Bonchev–Trinajstić information content (AvgIpc) is 2.80. The third-order valence-electron chi connectivity index (χ3n) is 3.43. The molecule has 4 atom stereocenters. The summed E-state index contributed by atoms with van der Waals surface area (Å²) in [6.45, 7) is 5.88. The van der Waals surface area contributed by atoms with Crippen molar-refractivity contribution in [1.82, 2.24) is 0 Å². The van der Waals surface area contributed by atoms with Crippen LogP contribution in [0.5, 0.6) is 0 Å². The molecule has 0 aromatic carbocycles. The Kier molecular flexibility index (Phi) is 3.85. The minimum absolute atomic E-state index is 0.0889. The van der Waals surface area contributed by atoms with E-state index in [4.69, 9.17) is 14.2 Å². The lowest BCUT2D eigenvalue weighted by molar-refractivity contribution is -0.120. The average molecular weight is 230 g/mol. The zero-order valence-electron chi connectivity index (χ0n) is 10.1. The molecular formula is C12H22O4. The first-order valence-corrected chi connectivity index (χ1v) is 6.28. The lowest BCUT2D eigenvalue weighted by Gasteiger charge is -2.32. The van der Waals surface area contributed by atoms with Crippen LogP contribution in [0.25, 0.3) is 0 Å². The smallest absolute Gasteiger partial charge is 0.120 e. The van der Waals surface area contributed by atoms with Crippen molar-refractivity contribution in [2.45, 2.75) is 57.0 Å². The van der Waals surface area contributed by atoms with E-state index in [1.165, 1.54) is 0 Å². The van der Waals surface area contributed by atoms with Crippen molar-refractivity contribution in [2.24, 2.45) is 0 Å². The van der Waals surface area contributed by atoms with Crippen LogP contribution in [0.2, 0.25) is 0 Å². The molecule has 0 aromatic rings. The van der Waals surface area contributed by atoms with Crippen molar-refractivity contribution in [2.75, 3.05) is 19.8 Å². The topological polar surface area (TPSA) is 47.9 Å². The molecule has 1 N–H and O–H groups in total. The summed E-state index contributed by atoms with van der Waals surface area (Å²) >= 11 is 0. The molecule has 0 bridgehead atoms. The Morgan fingerprint density at radius 2 is 2.12 bits per heavy atom. The maximum atomic E-state index is 9.72. The van der Waals surface area contributed by atoms with Crippen molar-refractivity contribution >= 4 is 0 Å². The first-order chi connectivity index (χ1) is 7.73. The molecule has 4 heteroatoms. The van der Waals surface area contributed by atoms with Crippen molar-refractivity contribution in [3.63, 3.8) is 0 Å². The van der Waals surface area contributed by atoms with Crippen LogP contribution in [0.15, 0.2) is 0 Å². The fourth-order valence-corrected chi connectivity index (χ4v) is 2.70. The summed E-state index contributed by atoms with van der Waals surface area (Å²) in [4.78, 5) is 0. The van der Waals surface area contributed by atoms with Gasteiger partial charge in [0.15, 0.2) is 0 Å². The minimum Gasteiger partial charge on any atom is -0.388 e. The Bertz CT molecular complexity index is 233. The molecule has 2 fully saturated rings. The largest absolute Gasteiger partial charge is 0.388 e. The zero-order chi connectivity index (χ0) is 11.6. The van der Waals surface area contributed by atoms with E-state index in [2.05, 4.69) is 13.8 Å². The highest BCUT2D eigenvalue weighted by Crippen LogP contribution is 2.39. The summed E-state index contributed by atoms with van der Waals surface area (Å²) in [5.41, 5.74) is -0.326. The quantitative estimate of drug-likeness (QED) is 0.768. The van der Waals surface area contributed by atoms with Gasteiger partial charge in [-0.05, 0) is 12.8 Å². The Balaban J connectivity index is 2.07. The number of hydrogen-bond acceptors (Lipinski definition) is 4. The van der Waals surface area contributed by atoms with Gasteiger partial charge < -0.3 is 19.3 Å². The molecule has 4 nitrogen and oxygen atoms in total. The van der Waals surface area contributed by atoms with E-state index in [9.17, 15) is 5.11 Å². The summed E-state index contributed by atoms with van der Waals surface area (Å²) in [7, 11) is 0. The predicted octanol–water partition coefficient (Wildman–Crippen LogP) is 1.11. The van der Waals surface area contributed by atoms with E-state index in [0.717, 1.165) is 25.9 Å². The number of hydrogen-bond donors (Lipinski definition) is 1. The van der Waals surface area contributed by atoms with Gasteiger partial charge >= 0.3 is 0 Å². The lowest BCUT2D eigenvalue weighted by atomic mass is 9.91. The van der Waals surface area contributed by atoms with E-state index >= 15 is 0 Å². The maximum absolute atomic E-state index is 9.72. The number of rotatable bonds is 5. The molecule has 0 radical (unpaired) electrons. The maximum Gasteiger partial charge on any atom is 0.120 e. The van der Waals surface area contributed by atoms with Gasteiger partial charge in [-0.1, -0.05) is 20.3 Å². The van der Waals surface area contributed by atoms with Crippen LogP contribution in [-0.4, -0.2) is 48.8 Å². The van der Waals surface area contributed by atoms with Crippen LogP contribution in [0, 0.1) is 0 Å². The highest BCUT2D eigenvalue weighted by Gasteiger charge is 2.56. The van der Waals surface area contributed by atoms with Crippen LogP contribution in [-0.2, 0) is 14.2 Å². The van der Waals surface area contributed by atoms with Gasteiger partial charge in [0.1, 0.15) is 23.9 Å². The second-order valence-corrected chi connectivity index (χ2v) is 4.76. The van der Waals surface area contributed by atoms with Gasteiger partial charge in [0.25, 0.3) is 0 Å². The number of ether oxygens (including phenoxy) is 3. The SMILES string of the molecule is CCCO[C@@]1(CCC)CO[C@@H]2[C@H](O)CO[C@@H]21. The van der Waals surface area contributed by atoms with Crippen LogP contribution in [0.1, 0.15) is 33.1 Å². The zero-order valence-corrected chi connectivity index (χ0v) is 10.1. The molecule has 0 aromatic heterocycles. The van der Waals surface area contributed by atoms with Gasteiger partial charge in [-0.3, -0.25) is 0 Å². The van der Waals surface area contributed by atoms with Crippen molar-refractivity contribution < 1.29 is 19.3 Å². The van der Waals surface area contributed by atoms with Crippen LogP contribution in [0.4, 0.5) is 0 Å². The molecule has 0 spiro atoms. The minimum atomic E-state index is -0.492. The summed E-state index contributed by atoms with van der Waals surface area (Å²) in [6.07, 6.45) is 2.19. The van der Waals surface area contributed by atoms with E-state index in [1.807, 2.05) is 0 Å². The molecule has 2 heterocycles. The van der Waals surface area contributed by atoms with Crippen molar-refractivity contribution in [3.8, 4) is 0 Å². The molecule has 0 saturated carbocycles. The molecule has 0 amide bonds. The van der Waals surface area contributed by atoms with E-state index in [0.29, 0.717) is 13.2 Å². The first kappa shape index (κ1) is 12.3. The third-order valence-corrected chi connectivity index (χ3v) is 3.43. The molecule has 2 saturated heterocycles. The van der Waals surface area contributed by atoms with Gasteiger partial charge in [-0.15, -0.1) is 0 Å². The van der Waals surface area contributed by atoms with Gasteiger partial charge in [-0.2, -0.15) is 0 Å². The van der Waals surface area contributed by atoms with Gasteiger partial charge in [-0.25, -0.2) is 0 Å². The summed E-state index contributed by atoms with van der Waals surface area (Å²) < 4.78 is 17.3. The second kappa shape index (κ2) is 5.00. The molecule has 2 aliphatic rings. The van der Waals surface area contributed by atoms with E-state index in [-0.39, 0.29) is 17.8 Å². The monoisotopic (exact) mass is 230 g/mol. The van der Waals surface area contributed by atoms with Crippen molar-refractivity contribution in [1.29, 1.82) is 0 Å². The molecule has 2 rings (SSSR count). The Morgan fingerprint density at radius 1 is 1.31 bits per heavy atom. The molecule has 16 heavy (non-hydrogen) atoms. The summed E-state index contributed by atoms with van der Waals surface area (Å²) in [6, 6.07) is 0. The Morgan fingerprint density at radius 3 is 2.81 bits per heavy atom. The van der Waals surface area contributed by atoms with Gasteiger partial charge in [0.05, 0.1) is 13.2 Å². The van der Waals surface area contributed by atoms with Crippen LogP contribution >= 0.6 is 0 Å². The molecular weight excluding hydrogens is 208 g/mol. The summed E-state index contributed by atoms with van der Waals surface area (Å²) in [5, 5.41) is 9.72. The molecule has 0 unspecified atom stereocenters. The highest BCUT2D eigenvalue weighted by atomic mass is 16.6. The molecule has 94 valence electrons. The van der Waals surface area contributed by atoms with Gasteiger partial charge in [0, 0.05) is 6.61 Å². The third kappa shape index (κ3) is 1.99. The molecule has 2 aliphatic heterocycles. The second-order valence-electron chi connectivity index (χ2n) is 4.76. The van der Waals surface area contributed by atoms with Gasteiger partial charge in [0.2, 0.25) is 0 Å².